The Kier molecular flexibility index (Phi) is 14.0. The molecule has 0 saturated carbocycles. The summed E-state index contributed by atoms with van der Waals surface area (Å²) in [5.41, 5.74) is 0. The molecule has 0 aromatic carbocycles. The van der Waals surface area contributed by atoms with Crippen LogP contribution < -0.4 is 0 Å². The lowest BCUT2D eigenvalue weighted by atomic mass is 10.6. The minimum Gasteiger partial charge on any atom is -0.226 e. The first kappa shape index (κ1) is 10.3. The molecule has 0 aliphatic heterocycles. The van der Waals surface area contributed by atoms with Gasteiger partial charge in [0.2, 0.25) is 0 Å². The van der Waals surface area contributed by atoms with Crippen molar-refractivity contribution in [3.8, 4) is 0 Å². The second-order valence-electron chi connectivity index (χ2n) is 1.49. The van der Waals surface area contributed by atoms with Crippen LogP contribution in [0.4, 0.5) is 0 Å². The van der Waals surface area contributed by atoms with Gasteiger partial charge in [0.05, 0.1) is 0 Å². The van der Waals surface area contributed by atoms with E-state index in [1.54, 1.807) is 14.1 Å². The van der Waals surface area contributed by atoms with Gasteiger partial charge in [0.25, 0.3) is 0 Å². The fraction of sp³-hybridized carbons (Fsp3) is 1.00. The molecule has 0 bridgehead atoms. The van der Waals surface area contributed by atoms with E-state index >= 15 is 0 Å². The van der Waals surface area contributed by atoms with Crippen molar-refractivity contribution in [1.82, 2.24) is 4.42 Å². The molecule has 0 unspecified atom stereocenters. The number of halogens is 1. The largest absolute Gasteiger partial charge is 0.226 e. The second-order valence-corrected chi connectivity index (χ2v) is 2.17. The van der Waals surface area contributed by atoms with Gasteiger partial charge in [-0.15, -0.1) is 0 Å². The average Bonchev–Trinajstić information content (AvgIpc) is 1.33. The molecule has 0 aromatic heterocycles. The van der Waals surface area contributed by atoms with Crippen LogP contribution in [0, 0.1) is 0 Å². The molecule has 0 aliphatic rings. The molecule has 7 heavy (non-hydrogen) atoms. The van der Waals surface area contributed by atoms with E-state index in [0.29, 0.717) is 0 Å². The van der Waals surface area contributed by atoms with Crippen LogP contribution in [0.1, 0.15) is 20.3 Å². The molecule has 0 rings (SSSR count). The Bertz CT molecular complexity index is 19.3. The minimum absolute atomic E-state index is 1.25. The Balaban J connectivity index is 0. The molecule has 0 N–H and O–H groups in total. The summed E-state index contributed by atoms with van der Waals surface area (Å²) in [6.07, 6.45) is 1.25. The molecule has 0 spiro atoms. The first-order valence-electron chi connectivity index (χ1n) is 2.48. The van der Waals surface area contributed by atoms with E-state index in [0.717, 1.165) is 0 Å². The number of rotatable bonds is 0. The Labute approximate surface area is 51.4 Å². The lowest BCUT2D eigenvalue weighted by Gasteiger charge is -1.85. The topological polar surface area (TPSA) is 3.24 Å². The van der Waals surface area contributed by atoms with Gasteiger partial charge in [-0.3, -0.25) is 0 Å². The fourth-order valence-electron chi connectivity index (χ4n) is 0. The van der Waals surface area contributed by atoms with Crippen LogP contribution in [0.3, 0.4) is 0 Å². The summed E-state index contributed by atoms with van der Waals surface area (Å²) in [5, 5.41) is 0. The molecule has 0 atom stereocenters. The van der Waals surface area contributed by atoms with E-state index in [-0.39, 0.29) is 0 Å². The summed E-state index contributed by atoms with van der Waals surface area (Å²) < 4.78 is 1.47. The van der Waals surface area contributed by atoms with Crippen LogP contribution in [0.15, 0.2) is 0 Å². The predicted octanol–water partition coefficient (Wildman–Crippen LogP) is 2.12. The predicted molar refractivity (Wildman–Crippen MR) is 35.5 cm³/mol. The number of hydrogen-bond donors (Lipinski definition) is 0. The van der Waals surface area contributed by atoms with Crippen molar-refractivity contribution in [1.29, 1.82) is 0 Å². The molecule has 1 nitrogen and oxygen atoms in total. The van der Waals surface area contributed by atoms with E-state index in [1.165, 1.54) is 10.8 Å². The smallest absolute Gasteiger partial charge is 0.00209 e. The monoisotopic (exact) mass is 123 g/mol. The maximum absolute atomic E-state index is 5.11. The van der Waals surface area contributed by atoms with E-state index in [1.807, 2.05) is 0 Å². The molecular weight excluding hydrogens is 110 g/mol. The van der Waals surface area contributed by atoms with Crippen molar-refractivity contribution < 1.29 is 0 Å². The molecule has 0 radical (unpaired) electrons. The molecule has 0 heterocycles. The van der Waals surface area contributed by atoms with Crippen molar-refractivity contribution in [2.45, 2.75) is 20.3 Å². The summed E-state index contributed by atoms with van der Waals surface area (Å²) in [4.78, 5) is 0. The van der Waals surface area contributed by atoms with Crippen LogP contribution in [0.5, 0.6) is 0 Å². The van der Waals surface area contributed by atoms with E-state index in [4.69, 9.17) is 11.8 Å². The van der Waals surface area contributed by atoms with Gasteiger partial charge in [-0.1, -0.05) is 20.3 Å². The van der Waals surface area contributed by atoms with Crippen LogP contribution in [-0.2, 0) is 0 Å². The summed E-state index contributed by atoms with van der Waals surface area (Å²) in [6, 6.07) is 0. The third-order valence-electron chi connectivity index (χ3n) is 0. The highest BCUT2D eigenvalue weighted by Crippen LogP contribution is 1.71. The summed E-state index contributed by atoms with van der Waals surface area (Å²) in [7, 11) is 3.53. The van der Waals surface area contributed by atoms with Crippen molar-refractivity contribution in [2.24, 2.45) is 0 Å². The van der Waals surface area contributed by atoms with Gasteiger partial charge >= 0.3 is 0 Å². The quantitative estimate of drug-likeness (QED) is 0.446. The zero-order valence-electron chi connectivity index (χ0n) is 5.53. The fourth-order valence-corrected chi connectivity index (χ4v) is 0. The van der Waals surface area contributed by atoms with Gasteiger partial charge < -0.3 is 0 Å². The summed E-state index contributed by atoms with van der Waals surface area (Å²) >= 11 is 5.11. The normalized spacial score (nSPS) is 7.71. The minimum atomic E-state index is 1.25. The highest BCUT2D eigenvalue weighted by atomic mass is 35.5. The van der Waals surface area contributed by atoms with Crippen LogP contribution in [0.2, 0.25) is 0 Å². The third kappa shape index (κ3) is 1810. The van der Waals surface area contributed by atoms with Gasteiger partial charge in [0.1, 0.15) is 0 Å². The Hall–Kier alpha value is 0.250. The van der Waals surface area contributed by atoms with Gasteiger partial charge in [0.15, 0.2) is 0 Å². The van der Waals surface area contributed by atoms with E-state index in [2.05, 4.69) is 13.8 Å². The van der Waals surface area contributed by atoms with Gasteiger partial charge in [-0.2, -0.15) is 0 Å². The molecular formula is C5H14ClN. The molecule has 0 amide bonds. The van der Waals surface area contributed by atoms with Crippen LogP contribution >= 0.6 is 11.8 Å². The standard InChI is InChI=1S/C3H8.C2H6ClN/c1-3-2;1-4(2)3/h3H2,1-2H3;1-2H3. The summed E-state index contributed by atoms with van der Waals surface area (Å²) in [5.74, 6) is 0. The SMILES string of the molecule is CCC.CN(C)Cl. The average molecular weight is 124 g/mol. The molecule has 2 heteroatoms. The van der Waals surface area contributed by atoms with Crippen LogP contribution in [0.25, 0.3) is 0 Å². The van der Waals surface area contributed by atoms with Gasteiger partial charge in [-0.05, 0) is 11.8 Å². The number of hydrogen-bond acceptors (Lipinski definition) is 1. The van der Waals surface area contributed by atoms with Gasteiger partial charge in [0, 0.05) is 14.1 Å². The number of nitrogens with zero attached hydrogens (tertiary/aromatic N) is 1. The Morgan fingerprint density at radius 2 is 1.29 bits per heavy atom. The molecule has 0 aliphatic carbocycles. The van der Waals surface area contributed by atoms with Crippen molar-refractivity contribution in [2.75, 3.05) is 14.1 Å². The first-order valence-corrected chi connectivity index (χ1v) is 2.82. The van der Waals surface area contributed by atoms with Crippen LogP contribution in [-0.4, -0.2) is 18.5 Å². The molecule has 0 fully saturated rings. The molecule has 0 aromatic rings. The third-order valence-corrected chi connectivity index (χ3v) is 0. The lowest BCUT2D eigenvalue weighted by molar-refractivity contribution is 0.681. The lowest BCUT2D eigenvalue weighted by Crippen LogP contribution is -1.89. The maximum atomic E-state index is 5.11. The zero-order valence-corrected chi connectivity index (χ0v) is 6.29. The maximum Gasteiger partial charge on any atom is 0.00209 e. The van der Waals surface area contributed by atoms with E-state index < -0.39 is 0 Å². The first-order chi connectivity index (χ1) is 3.15. The van der Waals surface area contributed by atoms with Crippen molar-refractivity contribution in [3.63, 3.8) is 0 Å². The van der Waals surface area contributed by atoms with Crippen molar-refractivity contribution >= 4 is 11.8 Å². The van der Waals surface area contributed by atoms with Gasteiger partial charge in [-0.25, -0.2) is 4.42 Å². The highest BCUT2D eigenvalue weighted by molar-refractivity contribution is 6.12. The highest BCUT2D eigenvalue weighted by Gasteiger charge is 1.62. The Morgan fingerprint density at radius 3 is 1.29 bits per heavy atom. The van der Waals surface area contributed by atoms with Crippen molar-refractivity contribution in [3.05, 3.63) is 0 Å². The Morgan fingerprint density at radius 1 is 1.29 bits per heavy atom. The zero-order chi connectivity index (χ0) is 6.28. The molecule has 0 saturated heterocycles. The molecule has 46 valence electrons. The summed E-state index contributed by atoms with van der Waals surface area (Å²) in [6.45, 7) is 4.25. The second kappa shape index (κ2) is 9.54. The van der Waals surface area contributed by atoms with E-state index in [9.17, 15) is 0 Å².